The third-order valence-electron chi connectivity index (χ3n) is 3.98. The van der Waals surface area contributed by atoms with Crippen molar-refractivity contribution in [1.82, 2.24) is 4.90 Å². The van der Waals surface area contributed by atoms with Crippen LogP contribution in [0.1, 0.15) is 36.0 Å². The summed E-state index contributed by atoms with van der Waals surface area (Å²) in [6.07, 6.45) is 3.89. The number of amides is 1. The number of carbonyl (C=O) groups is 1. The van der Waals surface area contributed by atoms with Gasteiger partial charge in [-0.3, -0.25) is 4.79 Å². The molecule has 1 aliphatic heterocycles. The second-order valence-electron chi connectivity index (χ2n) is 5.60. The Morgan fingerprint density at radius 3 is 2.60 bits per heavy atom. The lowest BCUT2D eigenvalue weighted by atomic mass is 9.98. The molecule has 20 heavy (non-hydrogen) atoms. The van der Waals surface area contributed by atoms with E-state index in [0.717, 1.165) is 37.1 Å². The largest absolute Gasteiger partial charge is 0.396 e. The van der Waals surface area contributed by atoms with Crippen LogP contribution in [-0.4, -0.2) is 49.2 Å². The topological polar surface area (TPSA) is 43.8 Å². The normalized spacial score (nSPS) is 18.9. The van der Waals surface area contributed by atoms with Crippen molar-refractivity contribution in [3.05, 3.63) is 29.8 Å². The van der Waals surface area contributed by atoms with Crippen LogP contribution in [-0.2, 0) is 0 Å². The lowest BCUT2D eigenvalue weighted by Crippen LogP contribution is -2.44. The van der Waals surface area contributed by atoms with Gasteiger partial charge in [-0.2, -0.15) is 0 Å². The van der Waals surface area contributed by atoms with Crippen molar-refractivity contribution >= 4 is 11.6 Å². The van der Waals surface area contributed by atoms with Crippen molar-refractivity contribution in [3.63, 3.8) is 0 Å². The highest BCUT2D eigenvalue weighted by Crippen LogP contribution is 2.22. The number of carbonyl (C=O) groups excluding carboxylic acids is 1. The predicted molar refractivity (Wildman–Crippen MR) is 81.1 cm³/mol. The van der Waals surface area contributed by atoms with Gasteiger partial charge < -0.3 is 14.9 Å². The van der Waals surface area contributed by atoms with Crippen LogP contribution in [0.25, 0.3) is 0 Å². The van der Waals surface area contributed by atoms with E-state index < -0.39 is 0 Å². The van der Waals surface area contributed by atoms with E-state index in [1.165, 1.54) is 0 Å². The summed E-state index contributed by atoms with van der Waals surface area (Å²) in [5.74, 6) is 0.0912. The van der Waals surface area contributed by atoms with Gasteiger partial charge in [-0.25, -0.2) is 0 Å². The van der Waals surface area contributed by atoms with Crippen LogP contribution in [0.5, 0.6) is 0 Å². The van der Waals surface area contributed by atoms with Crippen LogP contribution in [0, 0.1) is 0 Å². The molecular formula is C16H24N2O2. The van der Waals surface area contributed by atoms with Crippen LogP contribution < -0.4 is 4.90 Å². The number of anilines is 1. The van der Waals surface area contributed by atoms with Gasteiger partial charge in [0.15, 0.2) is 0 Å². The number of aliphatic hydroxyl groups is 1. The number of piperidine rings is 1. The molecule has 1 aromatic rings. The van der Waals surface area contributed by atoms with Crippen molar-refractivity contribution in [2.45, 2.75) is 31.7 Å². The highest BCUT2D eigenvalue weighted by Gasteiger charge is 2.26. The van der Waals surface area contributed by atoms with E-state index >= 15 is 0 Å². The predicted octanol–water partition coefficient (Wildman–Crippen LogP) is 2.13. The summed E-state index contributed by atoms with van der Waals surface area (Å²) in [6.45, 7) is 0.951. The smallest absolute Gasteiger partial charge is 0.254 e. The molecule has 4 heteroatoms. The second kappa shape index (κ2) is 6.75. The molecule has 1 aliphatic rings. The summed E-state index contributed by atoms with van der Waals surface area (Å²) < 4.78 is 0. The van der Waals surface area contributed by atoms with Crippen LogP contribution in [0.2, 0.25) is 0 Å². The molecule has 0 radical (unpaired) electrons. The van der Waals surface area contributed by atoms with Crippen molar-refractivity contribution in [1.29, 1.82) is 0 Å². The number of benzene rings is 1. The zero-order chi connectivity index (χ0) is 14.5. The van der Waals surface area contributed by atoms with E-state index in [2.05, 4.69) is 0 Å². The maximum atomic E-state index is 12.6. The van der Waals surface area contributed by atoms with Gasteiger partial charge in [0, 0.05) is 44.5 Å². The van der Waals surface area contributed by atoms with Gasteiger partial charge in [0.25, 0.3) is 5.91 Å². The first kappa shape index (κ1) is 14.9. The molecule has 0 spiro atoms. The van der Waals surface area contributed by atoms with Crippen LogP contribution in [0.3, 0.4) is 0 Å². The summed E-state index contributed by atoms with van der Waals surface area (Å²) in [6, 6.07) is 7.91. The molecule has 110 valence electrons. The molecule has 1 aromatic carbocycles. The summed E-state index contributed by atoms with van der Waals surface area (Å²) in [5, 5.41) is 9.14. The molecule has 1 saturated heterocycles. The van der Waals surface area contributed by atoms with Gasteiger partial charge in [0.2, 0.25) is 0 Å². The van der Waals surface area contributed by atoms with Crippen LogP contribution in [0.4, 0.5) is 5.69 Å². The second-order valence-corrected chi connectivity index (χ2v) is 5.60. The van der Waals surface area contributed by atoms with Gasteiger partial charge in [-0.1, -0.05) is 0 Å². The third kappa shape index (κ3) is 3.31. The molecule has 0 saturated carbocycles. The molecule has 2 rings (SSSR count). The Morgan fingerprint density at radius 2 is 2.00 bits per heavy atom. The number of likely N-dealkylation sites (tertiary alicyclic amines) is 1. The number of nitrogens with zero attached hydrogens (tertiary/aromatic N) is 2. The first-order valence-electron chi connectivity index (χ1n) is 7.32. The minimum absolute atomic E-state index is 0.0912. The lowest BCUT2D eigenvalue weighted by molar-refractivity contribution is 0.0574. The molecule has 0 bridgehead atoms. The Morgan fingerprint density at radius 1 is 1.30 bits per heavy atom. The van der Waals surface area contributed by atoms with E-state index in [1.807, 2.05) is 48.2 Å². The Bertz CT molecular complexity index is 440. The standard InChI is InChI=1S/C16H24N2O2/c1-17(2)14-8-6-13(7-9-14)16(20)18-11-4-3-5-15(18)10-12-19/h6-9,15,19H,3-5,10-12H2,1-2H3. The van der Waals surface area contributed by atoms with Crippen molar-refractivity contribution in [3.8, 4) is 0 Å². The molecule has 1 fully saturated rings. The minimum atomic E-state index is 0.0912. The maximum Gasteiger partial charge on any atom is 0.254 e. The first-order valence-corrected chi connectivity index (χ1v) is 7.32. The van der Waals surface area contributed by atoms with Crippen molar-refractivity contribution in [2.75, 3.05) is 32.1 Å². The zero-order valence-corrected chi connectivity index (χ0v) is 12.4. The number of hydrogen-bond acceptors (Lipinski definition) is 3. The van der Waals surface area contributed by atoms with Gasteiger partial charge in [-0.05, 0) is 49.9 Å². The fourth-order valence-corrected chi connectivity index (χ4v) is 2.79. The van der Waals surface area contributed by atoms with E-state index in [0.29, 0.717) is 6.42 Å². The molecule has 1 unspecified atom stereocenters. The van der Waals surface area contributed by atoms with Crippen molar-refractivity contribution < 1.29 is 9.90 Å². The van der Waals surface area contributed by atoms with E-state index in [9.17, 15) is 4.79 Å². The summed E-state index contributed by atoms with van der Waals surface area (Å²) in [4.78, 5) is 16.5. The number of rotatable bonds is 4. The molecule has 0 aliphatic carbocycles. The van der Waals surface area contributed by atoms with Crippen LogP contribution >= 0.6 is 0 Å². The fraction of sp³-hybridized carbons (Fsp3) is 0.562. The molecular weight excluding hydrogens is 252 g/mol. The average molecular weight is 276 g/mol. The number of aliphatic hydroxyl groups excluding tert-OH is 1. The summed E-state index contributed by atoms with van der Waals surface area (Å²) >= 11 is 0. The highest BCUT2D eigenvalue weighted by atomic mass is 16.3. The Labute approximate surface area is 121 Å². The van der Waals surface area contributed by atoms with Gasteiger partial charge in [0.05, 0.1) is 0 Å². The van der Waals surface area contributed by atoms with Gasteiger partial charge >= 0.3 is 0 Å². The molecule has 4 nitrogen and oxygen atoms in total. The molecule has 1 amide bonds. The molecule has 0 aromatic heterocycles. The Kier molecular flexibility index (Phi) is 5.01. The average Bonchev–Trinajstić information content (AvgIpc) is 2.47. The van der Waals surface area contributed by atoms with Crippen molar-refractivity contribution in [2.24, 2.45) is 0 Å². The first-order chi connectivity index (χ1) is 9.63. The Balaban J connectivity index is 2.12. The summed E-state index contributed by atoms with van der Waals surface area (Å²) in [5.41, 5.74) is 1.83. The van der Waals surface area contributed by atoms with E-state index in [-0.39, 0.29) is 18.6 Å². The highest BCUT2D eigenvalue weighted by molar-refractivity contribution is 5.94. The molecule has 1 atom stereocenters. The quantitative estimate of drug-likeness (QED) is 0.916. The SMILES string of the molecule is CN(C)c1ccc(C(=O)N2CCCCC2CCO)cc1. The van der Waals surface area contributed by atoms with Crippen LogP contribution in [0.15, 0.2) is 24.3 Å². The van der Waals surface area contributed by atoms with Gasteiger partial charge in [-0.15, -0.1) is 0 Å². The van der Waals surface area contributed by atoms with E-state index in [4.69, 9.17) is 5.11 Å². The third-order valence-corrected chi connectivity index (χ3v) is 3.98. The fourth-order valence-electron chi connectivity index (χ4n) is 2.79. The number of hydrogen-bond donors (Lipinski definition) is 1. The van der Waals surface area contributed by atoms with Gasteiger partial charge in [0.1, 0.15) is 0 Å². The summed E-state index contributed by atoms with van der Waals surface area (Å²) in [7, 11) is 3.97. The molecule has 1 N–H and O–H groups in total. The Hall–Kier alpha value is -1.55. The molecule has 1 heterocycles. The zero-order valence-electron chi connectivity index (χ0n) is 12.4. The minimum Gasteiger partial charge on any atom is -0.396 e. The monoisotopic (exact) mass is 276 g/mol. The lowest BCUT2D eigenvalue weighted by Gasteiger charge is -2.35. The maximum absolute atomic E-state index is 12.6. The van der Waals surface area contributed by atoms with E-state index in [1.54, 1.807) is 0 Å².